The van der Waals surface area contributed by atoms with Crippen molar-refractivity contribution in [3.05, 3.63) is 95.7 Å². The van der Waals surface area contributed by atoms with E-state index in [1.807, 2.05) is 90.7 Å². The number of hydrogen-bond acceptors (Lipinski definition) is 7. The number of ether oxygens (including phenoxy) is 1. The molecule has 2 heterocycles. The minimum Gasteiger partial charge on any atom is -0.494 e. The zero-order valence-corrected chi connectivity index (χ0v) is 24.0. The molecular formula is C32H32N4O4S. The van der Waals surface area contributed by atoms with Gasteiger partial charge in [0.25, 0.3) is 5.91 Å². The zero-order chi connectivity index (χ0) is 28.8. The maximum absolute atomic E-state index is 13.5. The van der Waals surface area contributed by atoms with Crippen LogP contribution < -0.4 is 14.5 Å². The Balaban J connectivity index is 1.26. The summed E-state index contributed by atoms with van der Waals surface area (Å²) in [6.45, 7) is 6.65. The maximum atomic E-state index is 13.5. The maximum Gasteiger partial charge on any atom is 0.283 e. The normalized spacial score (nSPS) is 16.2. The van der Waals surface area contributed by atoms with Gasteiger partial charge in [-0.2, -0.15) is 0 Å². The second-order valence-corrected chi connectivity index (χ2v) is 10.6. The van der Waals surface area contributed by atoms with Gasteiger partial charge in [-0.3, -0.25) is 19.3 Å². The van der Waals surface area contributed by atoms with Crippen molar-refractivity contribution in [2.24, 2.45) is 4.99 Å². The first-order valence-corrected chi connectivity index (χ1v) is 14.6. The summed E-state index contributed by atoms with van der Waals surface area (Å²) in [5.74, 6) is 0.714. The van der Waals surface area contributed by atoms with Gasteiger partial charge in [0, 0.05) is 37.4 Å². The highest BCUT2D eigenvalue weighted by molar-refractivity contribution is 8.14. The highest BCUT2D eigenvalue weighted by Crippen LogP contribution is 2.30. The molecular weight excluding hydrogens is 536 g/mol. The highest BCUT2D eigenvalue weighted by atomic mass is 32.2. The van der Waals surface area contributed by atoms with Gasteiger partial charge in [-0.05, 0) is 74.0 Å². The van der Waals surface area contributed by atoms with Crippen molar-refractivity contribution in [3.63, 3.8) is 0 Å². The van der Waals surface area contributed by atoms with E-state index in [-0.39, 0.29) is 23.4 Å². The van der Waals surface area contributed by atoms with Gasteiger partial charge < -0.3 is 14.5 Å². The van der Waals surface area contributed by atoms with Gasteiger partial charge in [0.1, 0.15) is 11.4 Å². The molecule has 0 aliphatic carbocycles. The fraction of sp³-hybridized carbons (Fsp3) is 0.250. The van der Waals surface area contributed by atoms with Crippen molar-refractivity contribution >= 4 is 52.0 Å². The van der Waals surface area contributed by atoms with Crippen LogP contribution in [0.4, 0.5) is 11.4 Å². The number of carbonyl (C=O) groups is 3. The van der Waals surface area contributed by atoms with Gasteiger partial charge in [0.15, 0.2) is 11.0 Å². The molecule has 2 aliphatic rings. The summed E-state index contributed by atoms with van der Waals surface area (Å²) in [5.41, 5.74) is 3.55. The monoisotopic (exact) mass is 568 g/mol. The van der Waals surface area contributed by atoms with Crippen LogP contribution in [0.1, 0.15) is 29.8 Å². The van der Waals surface area contributed by atoms with Crippen LogP contribution in [0.25, 0.3) is 6.08 Å². The van der Waals surface area contributed by atoms with Crippen molar-refractivity contribution in [3.8, 4) is 5.75 Å². The van der Waals surface area contributed by atoms with Crippen molar-refractivity contribution < 1.29 is 19.1 Å². The van der Waals surface area contributed by atoms with Gasteiger partial charge in [-0.15, -0.1) is 0 Å². The molecule has 0 aromatic heterocycles. The van der Waals surface area contributed by atoms with Crippen LogP contribution in [0.5, 0.6) is 5.75 Å². The summed E-state index contributed by atoms with van der Waals surface area (Å²) in [6.07, 6.45) is 1.75. The number of piperazine rings is 1. The minimum absolute atomic E-state index is 0.00610. The van der Waals surface area contributed by atoms with E-state index in [1.54, 1.807) is 17.9 Å². The standard InChI is InChI=1S/C32H32N4O4S/c1-3-40-28-11-7-8-24(20-28)21-29-31(39)36(27-9-5-4-6-10-27)32(33-29)41-22-30(38)35-18-16-34(17-19-35)26-14-12-25(13-15-26)23(2)37/h4-15,20-21H,3,16-19,22H2,1-2H3/b29-21+. The predicted molar refractivity (Wildman–Crippen MR) is 165 cm³/mol. The Labute approximate surface area is 244 Å². The summed E-state index contributed by atoms with van der Waals surface area (Å²) in [5, 5.41) is 0.478. The lowest BCUT2D eigenvalue weighted by Gasteiger charge is -2.36. The first kappa shape index (κ1) is 28.2. The van der Waals surface area contributed by atoms with Crippen LogP contribution in [-0.4, -0.2) is 66.2 Å². The molecule has 5 rings (SSSR count). The number of amides is 2. The zero-order valence-electron chi connectivity index (χ0n) is 23.2. The van der Waals surface area contributed by atoms with E-state index in [9.17, 15) is 14.4 Å². The molecule has 0 saturated carbocycles. The lowest BCUT2D eigenvalue weighted by Crippen LogP contribution is -2.49. The molecule has 0 radical (unpaired) electrons. The molecule has 3 aromatic rings. The van der Waals surface area contributed by atoms with Crippen LogP contribution in [0.3, 0.4) is 0 Å². The predicted octanol–water partition coefficient (Wildman–Crippen LogP) is 5.11. The van der Waals surface area contributed by atoms with Crippen molar-refractivity contribution in [1.29, 1.82) is 0 Å². The molecule has 1 fully saturated rings. The average Bonchev–Trinajstić information content (AvgIpc) is 3.31. The molecule has 0 spiro atoms. The van der Waals surface area contributed by atoms with E-state index < -0.39 is 0 Å². The largest absolute Gasteiger partial charge is 0.494 e. The number of aliphatic imine (C=N–C) groups is 1. The third-order valence-electron chi connectivity index (χ3n) is 6.91. The third-order valence-corrected chi connectivity index (χ3v) is 7.84. The van der Waals surface area contributed by atoms with Crippen LogP contribution in [-0.2, 0) is 9.59 Å². The molecule has 3 aromatic carbocycles. The highest BCUT2D eigenvalue weighted by Gasteiger charge is 2.33. The number of hydrogen-bond donors (Lipinski definition) is 0. The van der Waals surface area contributed by atoms with Crippen LogP contribution in [0.15, 0.2) is 89.6 Å². The van der Waals surface area contributed by atoms with Gasteiger partial charge in [-0.1, -0.05) is 42.1 Å². The molecule has 9 heteroatoms. The number of amidine groups is 1. The van der Waals surface area contributed by atoms with Gasteiger partial charge in [0.2, 0.25) is 5.91 Å². The Morgan fingerprint density at radius 1 is 0.927 bits per heavy atom. The van der Waals surface area contributed by atoms with E-state index >= 15 is 0 Å². The van der Waals surface area contributed by atoms with Crippen molar-refractivity contribution in [2.75, 3.05) is 48.3 Å². The minimum atomic E-state index is -0.239. The molecule has 0 atom stereocenters. The summed E-state index contributed by atoms with van der Waals surface area (Å²) < 4.78 is 5.59. The van der Waals surface area contributed by atoms with Gasteiger partial charge in [-0.25, -0.2) is 4.99 Å². The molecule has 0 bridgehead atoms. The summed E-state index contributed by atoms with van der Waals surface area (Å²) in [7, 11) is 0. The first-order valence-electron chi connectivity index (χ1n) is 13.6. The molecule has 0 unspecified atom stereocenters. The van der Waals surface area contributed by atoms with Crippen LogP contribution >= 0.6 is 11.8 Å². The lowest BCUT2D eigenvalue weighted by molar-refractivity contribution is -0.128. The lowest BCUT2D eigenvalue weighted by atomic mass is 10.1. The number of benzene rings is 3. The van der Waals surface area contributed by atoms with Crippen molar-refractivity contribution in [1.82, 2.24) is 4.90 Å². The topological polar surface area (TPSA) is 82.5 Å². The summed E-state index contributed by atoms with van der Waals surface area (Å²) >= 11 is 1.27. The molecule has 1 saturated heterocycles. The SMILES string of the molecule is CCOc1cccc(/C=C2/N=C(SCC(=O)N3CCN(c4ccc(C(C)=O)cc4)CC3)N(c3ccccc3)C2=O)c1. The number of carbonyl (C=O) groups excluding carboxylic acids is 3. The average molecular weight is 569 g/mol. The molecule has 8 nitrogen and oxygen atoms in total. The molecule has 2 amide bonds. The second kappa shape index (κ2) is 12.9. The summed E-state index contributed by atoms with van der Waals surface area (Å²) in [6, 6.07) is 24.5. The number of rotatable bonds is 8. The second-order valence-electron chi connectivity index (χ2n) is 9.67. The molecule has 210 valence electrons. The van der Waals surface area contributed by atoms with Crippen molar-refractivity contribution in [2.45, 2.75) is 13.8 Å². The molecule has 0 N–H and O–H groups in total. The number of ketones is 1. The fourth-order valence-corrected chi connectivity index (χ4v) is 5.67. The van der Waals surface area contributed by atoms with Crippen LogP contribution in [0, 0.1) is 0 Å². The number of para-hydroxylation sites is 1. The smallest absolute Gasteiger partial charge is 0.283 e. The Bertz CT molecular complexity index is 1480. The van der Waals surface area contributed by atoms with Gasteiger partial charge in [0.05, 0.1) is 18.0 Å². The fourth-order valence-electron chi connectivity index (χ4n) is 4.76. The molecule has 2 aliphatic heterocycles. The van der Waals surface area contributed by atoms with E-state index in [4.69, 9.17) is 4.74 Å². The van der Waals surface area contributed by atoms with E-state index in [1.165, 1.54) is 11.8 Å². The summed E-state index contributed by atoms with van der Waals surface area (Å²) in [4.78, 5) is 48.5. The van der Waals surface area contributed by atoms with E-state index in [0.29, 0.717) is 54.9 Å². The Kier molecular flexibility index (Phi) is 8.84. The van der Waals surface area contributed by atoms with Gasteiger partial charge >= 0.3 is 0 Å². The number of thioether (sulfide) groups is 1. The first-order chi connectivity index (χ1) is 19.9. The third kappa shape index (κ3) is 6.69. The van der Waals surface area contributed by atoms with E-state index in [2.05, 4.69) is 9.89 Å². The quantitative estimate of drug-likeness (QED) is 0.277. The number of Topliss-reactive ketones (excluding diaryl/α,β-unsaturated/α-hetero) is 1. The molecule has 41 heavy (non-hydrogen) atoms. The number of anilines is 2. The van der Waals surface area contributed by atoms with Crippen LogP contribution in [0.2, 0.25) is 0 Å². The van der Waals surface area contributed by atoms with E-state index in [0.717, 1.165) is 17.0 Å². The number of nitrogens with zero attached hydrogens (tertiary/aromatic N) is 4. The Morgan fingerprint density at radius 3 is 2.34 bits per heavy atom. The Morgan fingerprint density at radius 2 is 1.66 bits per heavy atom. The Hall–Kier alpha value is -4.37.